The molecule has 0 radical (unpaired) electrons. The van der Waals surface area contributed by atoms with E-state index < -0.39 is 83.7 Å². The summed E-state index contributed by atoms with van der Waals surface area (Å²) in [6, 6.07) is 1.24. The zero-order valence-electron chi connectivity index (χ0n) is 40.5. The van der Waals surface area contributed by atoms with Crippen molar-refractivity contribution in [3.8, 4) is 0 Å². The number of rotatable bonds is 39. The van der Waals surface area contributed by atoms with E-state index in [1.54, 1.807) is 0 Å². The molecule has 0 aromatic carbocycles. The Hall–Kier alpha value is -3.32. The van der Waals surface area contributed by atoms with Gasteiger partial charge in [0.2, 0.25) is 0 Å². The molecule has 3 heterocycles. The Kier molecular flexibility index (Phi) is 29.7. The lowest BCUT2D eigenvalue weighted by Crippen LogP contribution is -2.36. The van der Waals surface area contributed by atoms with Gasteiger partial charge in [0.1, 0.15) is 30.7 Å². The molecule has 4 unspecified atom stereocenters. The molecule has 0 saturated carbocycles. The Labute approximate surface area is 407 Å². The number of allylic oxidation sites excluding steroid dienone is 7. The van der Waals surface area contributed by atoms with Crippen molar-refractivity contribution in [2.45, 2.75) is 198 Å². The van der Waals surface area contributed by atoms with Crippen LogP contribution in [0.2, 0.25) is 0 Å². The molecular weight excluding hydrogens is 936 g/mol. The number of phosphoric acid groups is 2. The molecule has 1 aromatic heterocycles. The van der Waals surface area contributed by atoms with Gasteiger partial charge >= 0.3 is 33.3 Å². The second kappa shape index (κ2) is 34.1. The SMILES string of the molecule is CCCCC/C=C\C/C=C\C/C=C\CC1OC1CCCC(=O)OC[C@H](COP(=O)(O)OP(=O)(O)OC[C@H]1O[C@@H](n2ccc(N)nc2=O)[C@H](O)[C@@H]1O)OC(=O)CCCCCCC/C=C\CCCCCC. The number of anilines is 1. The summed E-state index contributed by atoms with van der Waals surface area (Å²) in [7, 11) is -10.9. The number of nitrogens with zero attached hydrogens (tertiary/aromatic N) is 2. The third-order valence-corrected chi connectivity index (χ3v) is 13.9. The number of hydrogen-bond donors (Lipinski definition) is 5. The van der Waals surface area contributed by atoms with E-state index in [-0.39, 0.29) is 30.9 Å². The molecule has 2 aliphatic rings. The highest BCUT2D eigenvalue weighted by molar-refractivity contribution is 7.61. The van der Waals surface area contributed by atoms with Crippen LogP contribution in [0, 0.1) is 0 Å². The summed E-state index contributed by atoms with van der Waals surface area (Å²) < 4.78 is 62.5. The van der Waals surface area contributed by atoms with Gasteiger partial charge < -0.3 is 44.7 Å². The van der Waals surface area contributed by atoms with Crippen LogP contribution in [0.4, 0.5) is 5.82 Å². The van der Waals surface area contributed by atoms with E-state index in [0.29, 0.717) is 19.3 Å². The Morgan fingerprint density at radius 3 is 2.00 bits per heavy atom. The first-order chi connectivity index (χ1) is 33.1. The zero-order valence-corrected chi connectivity index (χ0v) is 42.3. The number of ether oxygens (including phenoxy) is 4. The number of unbranched alkanes of at least 4 members (excludes halogenated alkanes) is 12. The number of aromatic nitrogens is 2. The van der Waals surface area contributed by atoms with E-state index >= 15 is 0 Å². The van der Waals surface area contributed by atoms with Crippen LogP contribution in [-0.4, -0.2) is 97.9 Å². The number of nitrogens with two attached hydrogens (primary N) is 1. The summed E-state index contributed by atoms with van der Waals surface area (Å²) in [6.45, 7) is 2.02. The van der Waals surface area contributed by atoms with E-state index in [9.17, 15) is 43.5 Å². The molecule has 0 spiro atoms. The summed E-state index contributed by atoms with van der Waals surface area (Å²) in [6.07, 6.45) is 30.7. The Bertz CT molecular complexity index is 1910. The fourth-order valence-corrected chi connectivity index (χ4v) is 9.44. The average Bonchev–Trinajstić information content (AvgIpc) is 3.99. The number of phosphoric ester groups is 2. The lowest BCUT2D eigenvalue weighted by atomic mass is 10.1. The monoisotopic (exact) mass is 1020 g/mol. The number of aliphatic hydroxyl groups is 2. The first kappa shape index (κ1) is 60.0. The Morgan fingerprint density at radius 2 is 1.30 bits per heavy atom. The van der Waals surface area contributed by atoms with Gasteiger partial charge in [-0.2, -0.15) is 9.29 Å². The highest BCUT2D eigenvalue weighted by Gasteiger charge is 2.46. The van der Waals surface area contributed by atoms with Gasteiger partial charge in [0.25, 0.3) is 0 Å². The van der Waals surface area contributed by atoms with Crippen LogP contribution in [0.25, 0.3) is 0 Å². The lowest BCUT2D eigenvalue weighted by molar-refractivity contribution is -0.161. The molecule has 0 aliphatic carbocycles. The molecule has 2 saturated heterocycles. The van der Waals surface area contributed by atoms with Crippen LogP contribution in [0.5, 0.6) is 0 Å². The standard InChI is InChI=1S/C48H79N3O16P2/c1-3-5-7-9-11-13-15-17-19-21-23-25-27-31-44(53)64-38(35-61-43(52)32-28-30-40-39(65-40)29-26-24-22-20-18-16-14-12-10-8-6-4-2)36-62-68(57,58)67-69(59,60)63-37-41-45(54)46(55)47(66-41)51-34-33-42(49)50-48(51)56/h12-15,18,20,24,26,33-34,38-41,45-47,54-55H,3-11,16-17,19,21-23,25,27-32,35-37H2,1-2H3,(H,57,58)(H,59,60)(H2,49,50,56)/b14-12-,15-13-,20-18-,26-24-/t38-,39?,40?,41-,45-,46-,47-/m1/s1. The number of epoxide rings is 1. The van der Waals surface area contributed by atoms with Gasteiger partial charge in [-0.15, -0.1) is 0 Å². The van der Waals surface area contributed by atoms with Crippen LogP contribution in [0.1, 0.15) is 161 Å². The number of carbonyl (C=O) groups excluding carboxylic acids is 2. The number of aliphatic hydroxyl groups excluding tert-OH is 2. The van der Waals surface area contributed by atoms with Gasteiger partial charge in [0.15, 0.2) is 12.3 Å². The number of hydrogen-bond acceptors (Lipinski definition) is 16. The van der Waals surface area contributed by atoms with Crippen molar-refractivity contribution in [2.24, 2.45) is 0 Å². The van der Waals surface area contributed by atoms with Gasteiger partial charge in [0.05, 0.1) is 25.4 Å². The lowest BCUT2D eigenvalue weighted by Gasteiger charge is -2.21. The Balaban J connectivity index is 1.43. The van der Waals surface area contributed by atoms with E-state index in [2.05, 4.69) is 71.8 Å². The number of esters is 2. The van der Waals surface area contributed by atoms with Crippen LogP contribution in [-0.2, 0) is 51.0 Å². The van der Waals surface area contributed by atoms with Crippen LogP contribution in [0.15, 0.2) is 65.7 Å². The molecule has 2 fully saturated rings. The summed E-state index contributed by atoms with van der Waals surface area (Å²) >= 11 is 0. The minimum absolute atomic E-state index is 0.0223. The van der Waals surface area contributed by atoms with Gasteiger partial charge in [-0.1, -0.05) is 114 Å². The molecule has 0 amide bonds. The molecule has 1 aromatic rings. The Morgan fingerprint density at radius 1 is 0.725 bits per heavy atom. The second-order valence-corrected chi connectivity index (χ2v) is 20.4. The minimum Gasteiger partial charge on any atom is -0.462 e. The van der Waals surface area contributed by atoms with E-state index in [0.717, 1.165) is 75.0 Å². The predicted molar refractivity (Wildman–Crippen MR) is 260 cm³/mol. The maximum absolute atomic E-state index is 12.9. The third-order valence-electron chi connectivity index (χ3n) is 11.3. The maximum Gasteiger partial charge on any atom is 0.481 e. The van der Waals surface area contributed by atoms with Crippen molar-refractivity contribution in [3.63, 3.8) is 0 Å². The summed E-state index contributed by atoms with van der Waals surface area (Å²) in [4.78, 5) is 61.9. The van der Waals surface area contributed by atoms with Gasteiger partial charge in [0, 0.05) is 19.0 Å². The topological polar surface area (TPSA) is 278 Å². The second-order valence-electron chi connectivity index (χ2n) is 17.3. The van der Waals surface area contributed by atoms with Gasteiger partial charge in [-0.05, 0) is 83.1 Å². The normalized spacial score (nSPS) is 22.7. The van der Waals surface area contributed by atoms with Crippen LogP contribution < -0.4 is 11.4 Å². The van der Waals surface area contributed by atoms with Crippen LogP contribution >= 0.6 is 15.6 Å². The van der Waals surface area contributed by atoms with Gasteiger partial charge in [-0.3, -0.25) is 23.2 Å². The maximum atomic E-state index is 12.9. The molecular formula is C48H79N3O16P2. The first-order valence-electron chi connectivity index (χ1n) is 24.8. The van der Waals surface area contributed by atoms with Crippen molar-refractivity contribution in [3.05, 3.63) is 71.4 Å². The van der Waals surface area contributed by atoms with Crippen molar-refractivity contribution in [1.29, 1.82) is 0 Å². The summed E-state index contributed by atoms with van der Waals surface area (Å²) in [5.41, 5.74) is 4.58. The predicted octanol–water partition coefficient (Wildman–Crippen LogP) is 8.76. The van der Waals surface area contributed by atoms with Crippen LogP contribution in [0.3, 0.4) is 0 Å². The highest BCUT2D eigenvalue weighted by atomic mass is 31.3. The molecule has 9 atom stereocenters. The smallest absolute Gasteiger partial charge is 0.462 e. The minimum atomic E-state index is -5.44. The molecule has 6 N–H and O–H groups in total. The molecule has 69 heavy (non-hydrogen) atoms. The highest BCUT2D eigenvalue weighted by Crippen LogP contribution is 2.60. The largest absolute Gasteiger partial charge is 0.481 e. The first-order valence-corrected chi connectivity index (χ1v) is 27.8. The molecule has 19 nitrogen and oxygen atoms in total. The van der Waals surface area contributed by atoms with E-state index in [4.69, 9.17) is 33.7 Å². The molecule has 2 aliphatic heterocycles. The summed E-state index contributed by atoms with van der Waals surface area (Å²) in [5.74, 6) is -1.39. The molecule has 3 rings (SSSR count). The number of carbonyl (C=O) groups is 2. The fraction of sp³-hybridized carbons (Fsp3) is 0.708. The zero-order chi connectivity index (χ0) is 50.3. The molecule has 0 bridgehead atoms. The quantitative estimate of drug-likeness (QED) is 0.0135. The number of nitrogen functional groups attached to an aromatic ring is 1. The van der Waals surface area contributed by atoms with E-state index in [1.165, 1.54) is 51.0 Å². The van der Waals surface area contributed by atoms with Crippen molar-refractivity contribution >= 4 is 33.4 Å². The van der Waals surface area contributed by atoms with Crippen molar-refractivity contribution in [1.82, 2.24) is 9.55 Å². The molecule has 21 heteroatoms. The summed E-state index contributed by atoms with van der Waals surface area (Å²) in [5, 5.41) is 20.9. The van der Waals surface area contributed by atoms with Gasteiger partial charge in [-0.25, -0.2) is 13.9 Å². The van der Waals surface area contributed by atoms with Crippen molar-refractivity contribution < 1.29 is 71.0 Å². The fourth-order valence-electron chi connectivity index (χ4n) is 7.33. The average molecular weight is 1020 g/mol. The molecule has 392 valence electrons. The van der Waals surface area contributed by atoms with E-state index in [1.807, 2.05) is 0 Å². The van der Waals surface area contributed by atoms with Crippen molar-refractivity contribution in [2.75, 3.05) is 25.6 Å². The third kappa shape index (κ3) is 26.6.